The summed E-state index contributed by atoms with van der Waals surface area (Å²) in [4.78, 5) is 10.9. The summed E-state index contributed by atoms with van der Waals surface area (Å²) < 4.78 is 41.0. The number of fused-ring (bicyclic) bond motifs is 1. The van der Waals surface area contributed by atoms with Gasteiger partial charge >= 0.3 is 5.97 Å². The monoisotopic (exact) mass is 291 g/mol. The molecule has 0 fully saturated rings. The van der Waals surface area contributed by atoms with Gasteiger partial charge in [-0.05, 0) is 24.3 Å². The van der Waals surface area contributed by atoms with Gasteiger partial charge < -0.3 is 9.67 Å². The molecule has 0 saturated carbocycles. The molecule has 0 bridgehead atoms. The largest absolute Gasteiger partial charge is 0.478 e. The van der Waals surface area contributed by atoms with E-state index in [0.29, 0.717) is 10.9 Å². The Morgan fingerprint density at radius 3 is 2.29 bits per heavy atom. The van der Waals surface area contributed by atoms with Crippen LogP contribution in [-0.2, 0) is 0 Å². The van der Waals surface area contributed by atoms with Crippen molar-refractivity contribution in [3.05, 3.63) is 65.6 Å². The number of halogens is 3. The third-order valence-electron chi connectivity index (χ3n) is 3.18. The van der Waals surface area contributed by atoms with E-state index < -0.39 is 23.4 Å². The predicted octanol–water partition coefficient (Wildman–Crippen LogP) is 3.75. The van der Waals surface area contributed by atoms with Crippen LogP contribution in [0.15, 0.2) is 42.6 Å². The number of carboxylic acid groups (broad SMARTS) is 1. The normalized spacial score (nSPS) is 11.0. The summed E-state index contributed by atoms with van der Waals surface area (Å²) in [5.41, 5.74) is 0.784. The van der Waals surface area contributed by atoms with Crippen LogP contribution >= 0.6 is 0 Å². The summed E-state index contributed by atoms with van der Waals surface area (Å²) in [5, 5.41) is 9.52. The molecule has 1 heterocycles. The van der Waals surface area contributed by atoms with Crippen LogP contribution in [0, 0.1) is 17.5 Å². The van der Waals surface area contributed by atoms with E-state index in [4.69, 9.17) is 5.11 Å². The lowest BCUT2D eigenvalue weighted by Crippen LogP contribution is -1.99. The van der Waals surface area contributed by atoms with Gasteiger partial charge in [-0.25, -0.2) is 18.0 Å². The number of aromatic carboxylic acids is 1. The molecule has 0 radical (unpaired) electrons. The molecule has 21 heavy (non-hydrogen) atoms. The van der Waals surface area contributed by atoms with Crippen molar-refractivity contribution in [2.24, 2.45) is 0 Å². The van der Waals surface area contributed by atoms with Gasteiger partial charge in [0.15, 0.2) is 17.5 Å². The Balaban J connectivity index is 2.20. The van der Waals surface area contributed by atoms with Gasteiger partial charge in [0, 0.05) is 23.7 Å². The lowest BCUT2D eigenvalue weighted by atomic mass is 10.1. The average Bonchev–Trinajstić information content (AvgIpc) is 2.87. The molecule has 0 aliphatic carbocycles. The van der Waals surface area contributed by atoms with E-state index in [1.54, 1.807) is 6.07 Å². The first-order valence-electron chi connectivity index (χ1n) is 5.96. The Bertz CT molecular complexity index is 847. The highest BCUT2D eigenvalue weighted by molar-refractivity contribution is 5.94. The van der Waals surface area contributed by atoms with Crippen LogP contribution in [-0.4, -0.2) is 15.6 Å². The van der Waals surface area contributed by atoms with Crippen LogP contribution in [0.1, 0.15) is 10.4 Å². The van der Waals surface area contributed by atoms with E-state index in [0.717, 1.165) is 12.1 Å². The quantitative estimate of drug-likeness (QED) is 0.731. The van der Waals surface area contributed by atoms with Gasteiger partial charge in [-0.1, -0.05) is 0 Å². The number of carboxylic acids is 1. The van der Waals surface area contributed by atoms with Crippen molar-refractivity contribution in [2.75, 3.05) is 0 Å². The van der Waals surface area contributed by atoms with E-state index in [9.17, 15) is 18.0 Å². The number of benzene rings is 2. The molecule has 3 aromatic rings. The van der Waals surface area contributed by atoms with Gasteiger partial charge in [-0.15, -0.1) is 0 Å². The van der Waals surface area contributed by atoms with Gasteiger partial charge in [-0.3, -0.25) is 0 Å². The van der Waals surface area contributed by atoms with Gasteiger partial charge in [0.1, 0.15) is 0 Å². The van der Waals surface area contributed by atoms with Gasteiger partial charge in [0.2, 0.25) is 0 Å². The Kier molecular flexibility index (Phi) is 2.94. The molecule has 0 unspecified atom stereocenters. The second kappa shape index (κ2) is 4.66. The summed E-state index contributed by atoms with van der Waals surface area (Å²) in [6.45, 7) is 0. The second-order valence-corrected chi connectivity index (χ2v) is 4.49. The maximum Gasteiger partial charge on any atom is 0.335 e. The minimum atomic E-state index is -1.52. The lowest BCUT2D eigenvalue weighted by molar-refractivity contribution is 0.0697. The number of nitrogens with zero attached hydrogens (tertiary/aromatic N) is 1. The third kappa shape index (κ3) is 2.14. The van der Waals surface area contributed by atoms with Crippen molar-refractivity contribution in [3.8, 4) is 5.69 Å². The highest BCUT2D eigenvalue weighted by Crippen LogP contribution is 2.24. The standard InChI is InChI=1S/C15H8F3NO2/c16-11-6-10(7-12(17)14(11)18)19-4-3-8-5-9(15(20)21)1-2-13(8)19/h1-7H,(H,20,21). The first-order valence-corrected chi connectivity index (χ1v) is 5.96. The van der Waals surface area contributed by atoms with Crippen molar-refractivity contribution in [2.45, 2.75) is 0 Å². The van der Waals surface area contributed by atoms with E-state index >= 15 is 0 Å². The lowest BCUT2D eigenvalue weighted by Gasteiger charge is -2.07. The Morgan fingerprint density at radius 1 is 1.00 bits per heavy atom. The van der Waals surface area contributed by atoms with Crippen LogP contribution < -0.4 is 0 Å². The van der Waals surface area contributed by atoms with E-state index in [1.807, 2.05) is 0 Å². The summed E-state index contributed by atoms with van der Waals surface area (Å²) >= 11 is 0. The minimum Gasteiger partial charge on any atom is -0.478 e. The molecule has 0 amide bonds. The van der Waals surface area contributed by atoms with Crippen molar-refractivity contribution in [1.82, 2.24) is 4.57 Å². The predicted molar refractivity (Wildman–Crippen MR) is 70.1 cm³/mol. The summed E-state index contributed by atoms with van der Waals surface area (Å²) in [6, 6.07) is 7.73. The molecule has 0 aliphatic rings. The molecular weight excluding hydrogens is 283 g/mol. The fourth-order valence-electron chi connectivity index (χ4n) is 2.18. The van der Waals surface area contributed by atoms with Crippen molar-refractivity contribution in [3.63, 3.8) is 0 Å². The van der Waals surface area contributed by atoms with E-state index in [2.05, 4.69) is 0 Å². The molecule has 0 atom stereocenters. The second-order valence-electron chi connectivity index (χ2n) is 4.49. The fraction of sp³-hybridized carbons (Fsp3) is 0. The maximum atomic E-state index is 13.3. The summed E-state index contributed by atoms with van der Waals surface area (Å²) in [7, 11) is 0. The highest BCUT2D eigenvalue weighted by atomic mass is 19.2. The Morgan fingerprint density at radius 2 is 1.67 bits per heavy atom. The molecule has 6 heteroatoms. The van der Waals surface area contributed by atoms with Crippen LogP contribution in [0.25, 0.3) is 16.6 Å². The molecule has 1 N–H and O–H groups in total. The minimum absolute atomic E-state index is 0.108. The summed E-state index contributed by atoms with van der Waals surface area (Å²) in [6.07, 6.45) is 1.53. The molecule has 1 aromatic heterocycles. The molecule has 106 valence electrons. The van der Waals surface area contributed by atoms with E-state index in [-0.39, 0.29) is 11.3 Å². The SMILES string of the molecule is O=C(O)c1ccc2c(ccn2-c2cc(F)c(F)c(F)c2)c1. The Labute approximate surface area is 116 Å². The number of rotatable bonds is 2. The molecule has 3 rings (SSSR count). The summed E-state index contributed by atoms with van der Waals surface area (Å²) in [5.74, 6) is -5.16. The molecule has 2 aromatic carbocycles. The number of hydrogen-bond donors (Lipinski definition) is 1. The average molecular weight is 291 g/mol. The topological polar surface area (TPSA) is 42.2 Å². The fourth-order valence-corrected chi connectivity index (χ4v) is 2.18. The Hall–Kier alpha value is -2.76. The smallest absolute Gasteiger partial charge is 0.335 e. The zero-order valence-electron chi connectivity index (χ0n) is 10.5. The first kappa shape index (κ1) is 13.2. The number of carbonyl (C=O) groups is 1. The maximum absolute atomic E-state index is 13.3. The van der Waals surface area contributed by atoms with Crippen LogP contribution in [0.3, 0.4) is 0 Å². The molecule has 0 saturated heterocycles. The van der Waals surface area contributed by atoms with Gasteiger partial charge in [0.25, 0.3) is 0 Å². The van der Waals surface area contributed by atoms with E-state index in [1.165, 1.54) is 29.0 Å². The molecule has 0 aliphatic heterocycles. The van der Waals surface area contributed by atoms with Gasteiger partial charge in [0.05, 0.1) is 16.8 Å². The highest BCUT2D eigenvalue weighted by Gasteiger charge is 2.13. The van der Waals surface area contributed by atoms with Crippen LogP contribution in [0.2, 0.25) is 0 Å². The molecule has 3 nitrogen and oxygen atoms in total. The molecule has 0 spiro atoms. The van der Waals surface area contributed by atoms with Crippen LogP contribution in [0.4, 0.5) is 13.2 Å². The van der Waals surface area contributed by atoms with Crippen molar-refractivity contribution >= 4 is 16.9 Å². The third-order valence-corrected chi connectivity index (χ3v) is 3.18. The number of aromatic nitrogens is 1. The van der Waals surface area contributed by atoms with Crippen LogP contribution in [0.5, 0.6) is 0 Å². The zero-order chi connectivity index (χ0) is 15.1. The van der Waals surface area contributed by atoms with Gasteiger partial charge in [-0.2, -0.15) is 0 Å². The van der Waals surface area contributed by atoms with Crippen molar-refractivity contribution in [1.29, 1.82) is 0 Å². The number of hydrogen-bond acceptors (Lipinski definition) is 1. The van der Waals surface area contributed by atoms with Crippen molar-refractivity contribution < 1.29 is 23.1 Å². The molecular formula is C15H8F3NO2. The first-order chi connectivity index (χ1) is 9.97. The zero-order valence-corrected chi connectivity index (χ0v) is 10.5.